The van der Waals surface area contributed by atoms with Gasteiger partial charge in [0.2, 0.25) is 0 Å². The van der Waals surface area contributed by atoms with Crippen LogP contribution in [0.1, 0.15) is 70.3 Å². The fraction of sp³-hybridized carbons (Fsp3) is 0.765. The molecule has 1 aromatic rings. The highest BCUT2D eigenvalue weighted by atomic mass is 16.5. The highest BCUT2D eigenvalue weighted by Crippen LogP contribution is 2.10. The molecule has 3 nitrogen and oxygen atoms in total. The predicted octanol–water partition coefficient (Wildman–Crippen LogP) is 4.66. The van der Waals surface area contributed by atoms with Crippen LogP contribution in [0.4, 0.5) is 0 Å². The molecular formula is C17H31NO2. The zero-order valence-electron chi connectivity index (χ0n) is 13.2. The predicted molar refractivity (Wildman–Crippen MR) is 83.7 cm³/mol. The van der Waals surface area contributed by atoms with Gasteiger partial charge >= 0.3 is 0 Å². The summed E-state index contributed by atoms with van der Waals surface area (Å²) in [6, 6.07) is 4.05. The second-order valence-corrected chi connectivity index (χ2v) is 5.37. The third kappa shape index (κ3) is 8.39. The molecule has 0 aromatic carbocycles. The Balaban J connectivity index is 1.99. The Hall–Kier alpha value is -0.800. The molecule has 1 heterocycles. The number of hydrogen-bond acceptors (Lipinski definition) is 3. The molecule has 0 bridgehead atoms. The van der Waals surface area contributed by atoms with Gasteiger partial charge in [-0.05, 0) is 31.5 Å². The van der Waals surface area contributed by atoms with E-state index in [0.717, 1.165) is 44.1 Å². The van der Waals surface area contributed by atoms with Crippen LogP contribution in [0.25, 0.3) is 0 Å². The molecule has 0 radical (unpaired) electrons. The summed E-state index contributed by atoms with van der Waals surface area (Å²) in [5.41, 5.74) is 0. The van der Waals surface area contributed by atoms with Crippen LogP contribution in [0, 0.1) is 0 Å². The number of rotatable bonds is 13. The van der Waals surface area contributed by atoms with E-state index >= 15 is 0 Å². The molecule has 0 atom stereocenters. The second kappa shape index (κ2) is 12.0. The Bertz CT molecular complexity index is 323. The average Bonchev–Trinajstić information content (AvgIpc) is 2.90. The molecule has 0 amide bonds. The van der Waals surface area contributed by atoms with E-state index in [-0.39, 0.29) is 0 Å². The maximum absolute atomic E-state index is 5.70. The summed E-state index contributed by atoms with van der Waals surface area (Å²) in [5, 5.41) is 3.33. The molecule has 0 saturated carbocycles. The summed E-state index contributed by atoms with van der Waals surface area (Å²) in [6.45, 7) is 7.70. The van der Waals surface area contributed by atoms with Gasteiger partial charge in [-0.1, -0.05) is 46.0 Å². The van der Waals surface area contributed by atoms with Gasteiger partial charge in [0, 0.05) is 6.61 Å². The van der Waals surface area contributed by atoms with E-state index in [4.69, 9.17) is 9.15 Å². The first-order valence-corrected chi connectivity index (χ1v) is 8.22. The van der Waals surface area contributed by atoms with Crippen LogP contribution < -0.4 is 5.32 Å². The summed E-state index contributed by atoms with van der Waals surface area (Å²) in [6.07, 6.45) is 8.97. The van der Waals surface area contributed by atoms with Crippen LogP contribution >= 0.6 is 0 Å². The van der Waals surface area contributed by atoms with Crippen LogP contribution in [0.2, 0.25) is 0 Å². The molecule has 0 aliphatic carbocycles. The first-order chi connectivity index (χ1) is 9.86. The van der Waals surface area contributed by atoms with E-state index in [9.17, 15) is 0 Å². The molecule has 116 valence electrons. The molecule has 0 aliphatic rings. The molecule has 0 aliphatic heterocycles. The van der Waals surface area contributed by atoms with Crippen molar-refractivity contribution in [2.75, 3.05) is 13.2 Å². The minimum atomic E-state index is 0.600. The van der Waals surface area contributed by atoms with Gasteiger partial charge in [0.05, 0.1) is 6.54 Å². The Kier molecular flexibility index (Phi) is 10.3. The lowest BCUT2D eigenvalue weighted by molar-refractivity contribution is 0.101. The zero-order chi connectivity index (χ0) is 14.5. The molecule has 0 fully saturated rings. The monoisotopic (exact) mass is 281 g/mol. The van der Waals surface area contributed by atoms with Crippen molar-refractivity contribution in [3.05, 3.63) is 23.7 Å². The van der Waals surface area contributed by atoms with Gasteiger partial charge in [0.15, 0.2) is 0 Å². The molecule has 0 unspecified atom stereocenters. The first kappa shape index (κ1) is 17.3. The SMILES string of the molecule is CCCCCCCCOCc1ccc(CNCCC)o1. The second-order valence-electron chi connectivity index (χ2n) is 5.37. The van der Waals surface area contributed by atoms with Gasteiger partial charge in [-0.25, -0.2) is 0 Å². The number of ether oxygens (including phenoxy) is 1. The van der Waals surface area contributed by atoms with E-state index in [1.807, 2.05) is 12.1 Å². The summed E-state index contributed by atoms with van der Waals surface area (Å²) in [4.78, 5) is 0. The Morgan fingerprint density at radius 2 is 1.70 bits per heavy atom. The van der Waals surface area contributed by atoms with Crippen molar-refractivity contribution in [1.82, 2.24) is 5.32 Å². The third-order valence-corrected chi connectivity index (χ3v) is 3.33. The van der Waals surface area contributed by atoms with Gasteiger partial charge in [-0.15, -0.1) is 0 Å². The molecular weight excluding hydrogens is 250 g/mol. The Morgan fingerprint density at radius 1 is 0.950 bits per heavy atom. The maximum Gasteiger partial charge on any atom is 0.129 e. The lowest BCUT2D eigenvalue weighted by atomic mass is 10.1. The maximum atomic E-state index is 5.70. The fourth-order valence-electron chi connectivity index (χ4n) is 2.14. The molecule has 1 aromatic heterocycles. The largest absolute Gasteiger partial charge is 0.462 e. The molecule has 0 spiro atoms. The van der Waals surface area contributed by atoms with Gasteiger partial charge in [-0.2, -0.15) is 0 Å². The van der Waals surface area contributed by atoms with E-state index in [1.54, 1.807) is 0 Å². The lowest BCUT2D eigenvalue weighted by Crippen LogP contribution is -2.13. The molecule has 0 saturated heterocycles. The van der Waals surface area contributed by atoms with Crippen molar-refractivity contribution in [2.24, 2.45) is 0 Å². The Labute approximate surface area is 124 Å². The number of unbranched alkanes of at least 4 members (excludes halogenated alkanes) is 5. The van der Waals surface area contributed by atoms with Crippen molar-refractivity contribution >= 4 is 0 Å². The van der Waals surface area contributed by atoms with Crippen molar-refractivity contribution in [1.29, 1.82) is 0 Å². The number of hydrogen-bond donors (Lipinski definition) is 1. The van der Waals surface area contributed by atoms with Crippen LogP contribution in [-0.2, 0) is 17.9 Å². The zero-order valence-corrected chi connectivity index (χ0v) is 13.2. The minimum absolute atomic E-state index is 0.600. The fourth-order valence-corrected chi connectivity index (χ4v) is 2.14. The van der Waals surface area contributed by atoms with E-state index in [0.29, 0.717) is 6.61 Å². The van der Waals surface area contributed by atoms with Gasteiger partial charge in [0.25, 0.3) is 0 Å². The van der Waals surface area contributed by atoms with Gasteiger partial charge in [0.1, 0.15) is 18.1 Å². The molecule has 20 heavy (non-hydrogen) atoms. The molecule has 1 N–H and O–H groups in total. The van der Waals surface area contributed by atoms with Gasteiger partial charge < -0.3 is 14.5 Å². The summed E-state index contributed by atoms with van der Waals surface area (Å²) in [7, 11) is 0. The van der Waals surface area contributed by atoms with Crippen LogP contribution in [0.5, 0.6) is 0 Å². The first-order valence-electron chi connectivity index (χ1n) is 8.22. The van der Waals surface area contributed by atoms with E-state index in [1.165, 1.54) is 32.1 Å². The minimum Gasteiger partial charge on any atom is -0.462 e. The molecule has 3 heteroatoms. The number of nitrogens with one attached hydrogen (secondary N) is 1. The van der Waals surface area contributed by atoms with Crippen LogP contribution in [-0.4, -0.2) is 13.2 Å². The van der Waals surface area contributed by atoms with Crippen molar-refractivity contribution < 1.29 is 9.15 Å². The topological polar surface area (TPSA) is 34.4 Å². The van der Waals surface area contributed by atoms with Crippen LogP contribution in [0.3, 0.4) is 0 Å². The summed E-state index contributed by atoms with van der Waals surface area (Å²) >= 11 is 0. The van der Waals surface area contributed by atoms with E-state index < -0.39 is 0 Å². The van der Waals surface area contributed by atoms with Crippen molar-refractivity contribution in [3.63, 3.8) is 0 Å². The quantitative estimate of drug-likeness (QED) is 0.534. The summed E-state index contributed by atoms with van der Waals surface area (Å²) < 4.78 is 11.4. The smallest absolute Gasteiger partial charge is 0.129 e. The normalized spacial score (nSPS) is 11.1. The molecule has 1 rings (SSSR count). The average molecular weight is 281 g/mol. The highest BCUT2D eigenvalue weighted by molar-refractivity contribution is 5.06. The standard InChI is InChI=1S/C17H31NO2/c1-3-5-6-7-8-9-13-19-15-17-11-10-16(20-17)14-18-12-4-2/h10-11,18H,3-9,12-15H2,1-2H3. The van der Waals surface area contributed by atoms with Gasteiger partial charge in [-0.3, -0.25) is 0 Å². The Morgan fingerprint density at radius 3 is 2.50 bits per heavy atom. The number of furan rings is 1. The third-order valence-electron chi connectivity index (χ3n) is 3.33. The van der Waals surface area contributed by atoms with Crippen LogP contribution in [0.15, 0.2) is 16.5 Å². The van der Waals surface area contributed by atoms with E-state index in [2.05, 4.69) is 19.2 Å². The highest BCUT2D eigenvalue weighted by Gasteiger charge is 2.01. The summed E-state index contributed by atoms with van der Waals surface area (Å²) in [5.74, 6) is 1.93. The van der Waals surface area contributed by atoms with Crippen molar-refractivity contribution in [3.8, 4) is 0 Å². The lowest BCUT2D eigenvalue weighted by Gasteiger charge is -2.03. The van der Waals surface area contributed by atoms with Crippen molar-refractivity contribution in [2.45, 2.75) is 71.9 Å².